The predicted molar refractivity (Wildman–Crippen MR) is 63.3 cm³/mol. The molecule has 2 fully saturated rings. The number of carbonyl (C=O) groups is 1. The van der Waals surface area contributed by atoms with Gasteiger partial charge in [-0.25, -0.2) is 0 Å². The zero-order chi connectivity index (χ0) is 12.6. The van der Waals surface area contributed by atoms with Gasteiger partial charge in [-0.05, 0) is 19.3 Å². The molecule has 1 saturated heterocycles. The van der Waals surface area contributed by atoms with Gasteiger partial charge in [0.05, 0.1) is 12.2 Å². The molecule has 4 unspecified atom stereocenters. The molecule has 1 aliphatic carbocycles. The standard InChI is InChI=1S/C12H22N2O3/c1-12(2)9(5-10(12)15)14-11(16)8-4-3-7(6-13)17-8/h7-10,15H,3-6,13H2,1-2H3,(H,14,16). The van der Waals surface area contributed by atoms with Crippen LogP contribution in [0.25, 0.3) is 0 Å². The molecular weight excluding hydrogens is 220 g/mol. The van der Waals surface area contributed by atoms with Gasteiger partial charge in [-0.3, -0.25) is 4.79 Å². The summed E-state index contributed by atoms with van der Waals surface area (Å²) in [6, 6.07) is 0.0468. The molecule has 1 aliphatic heterocycles. The van der Waals surface area contributed by atoms with Crippen molar-refractivity contribution in [1.82, 2.24) is 5.32 Å². The van der Waals surface area contributed by atoms with E-state index in [1.807, 2.05) is 13.8 Å². The monoisotopic (exact) mass is 242 g/mol. The number of aliphatic hydroxyl groups is 1. The van der Waals surface area contributed by atoms with E-state index in [1.54, 1.807) is 0 Å². The zero-order valence-corrected chi connectivity index (χ0v) is 10.5. The second kappa shape index (κ2) is 4.55. The van der Waals surface area contributed by atoms with Crippen LogP contribution >= 0.6 is 0 Å². The van der Waals surface area contributed by atoms with Crippen molar-refractivity contribution >= 4 is 5.91 Å². The highest BCUT2D eigenvalue weighted by atomic mass is 16.5. The Morgan fingerprint density at radius 1 is 1.53 bits per heavy atom. The first kappa shape index (κ1) is 12.8. The summed E-state index contributed by atoms with van der Waals surface area (Å²) in [4.78, 5) is 11.9. The van der Waals surface area contributed by atoms with Crippen LogP contribution in [0.3, 0.4) is 0 Å². The molecule has 0 radical (unpaired) electrons. The largest absolute Gasteiger partial charge is 0.392 e. The molecule has 0 aromatic heterocycles. The van der Waals surface area contributed by atoms with Crippen LogP contribution < -0.4 is 11.1 Å². The SMILES string of the molecule is CC1(C)C(O)CC1NC(=O)C1CCC(CN)O1. The Morgan fingerprint density at radius 2 is 2.24 bits per heavy atom. The minimum atomic E-state index is -0.364. The van der Waals surface area contributed by atoms with Gasteiger partial charge in [0, 0.05) is 18.0 Å². The van der Waals surface area contributed by atoms with Crippen LogP contribution in [0.15, 0.2) is 0 Å². The molecule has 1 saturated carbocycles. The van der Waals surface area contributed by atoms with Crippen LogP contribution in [-0.4, -0.2) is 41.9 Å². The summed E-state index contributed by atoms with van der Waals surface area (Å²) in [6.07, 6.45) is 1.55. The molecule has 0 aromatic carbocycles. The molecule has 0 bridgehead atoms. The fraction of sp³-hybridized carbons (Fsp3) is 0.917. The topological polar surface area (TPSA) is 84.6 Å². The van der Waals surface area contributed by atoms with Gasteiger partial charge in [0.1, 0.15) is 6.10 Å². The lowest BCUT2D eigenvalue weighted by Gasteiger charge is -2.49. The summed E-state index contributed by atoms with van der Waals surface area (Å²) in [7, 11) is 0. The van der Waals surface area contributed by atoms with E-state index in [9.17, 15) is 9.90 Å². The van der Waals surface area contributed by atoms with Crippen LogP contribution in [0.5, 0.6) is 0 Å². The van der Waals surface area contributed by atoms with Gasteiger partial charge in [-0.1, -0.05) is 13.8 Å². The number of amides is 1. The lowest BCUT2D eigenvalue weighted by atomic mass is 9.64. The third kappa shape index (κ3) is 2.32. The molecule has 5 heteroatoms. The van der Waals surface area contributed by atoms with Crippen molar-refractivity contribution in [3.63, 3.8) is 0 Å². The number of carbonyl (C=O) groups excluding carboxylic acids is 1. The highest BCUT2D eigenvalue weighted by Crippen LogP contribution is 2.40. The summed E-state index contributed by atoms with van der Waals surface area (Å²) in [5.74, 6) is -0.0640. The molecule has 2 rings (SSSR count). The van der Waals surface area contributed by atoms with Gasteiger partial charge >= 0.3 is 0 Å². The maximum absolute atomic E-state index is 11.9. The molecular formula is C12H22N2O3. The number of nitrogens with one attached hydrogen (secondary N) is 1. The fourth-order valence-electron chi connectivity index (χ4n) is 2.48. The molecule has 5 nitrogen and oxygen atoms in total. The first-order valence-corrected chi connectivity index (χ1v) is 6.29. The smallest absolute Gasteiger partial charge is 0.249 e. The first-order valence-electron chi connectivity index (χ1n) is 6.29. The van der Waals surface area contributed by atoms with Crippen molar-refractivity contribution in [2.75, 3.05) is 6.54 Å². The number of hydrogen-bond donors (Lipinski definition) is 3. The summed E-state index contributed by atoms with van der Waals surface area (Å²) < 4.78 is 5.54. The molecule has 1 heterocycles. The van der Waals surface area contributed by atoms with Crippen LogP contribution in [0, 0.1) is 5.41 Å². The Morgan fingerprint density at radius 3 is 2.71 bits per heavy atom. The number of aliphatic hydroxyl groups excluding tert-OH is 1. The molecule has 98 valence electrons. The Kier molecular flexibility index (Phi) is 3.43. The van der Waals surface area contributed by atoms with E-state index in [4.69, 9.17) is 10.5 Å². The average molecular weight is 242 g/mol. The normalized spacial score (nSPS) is 39.8. The molecule has 0 spiro atoms. The molecule has 1 amide bonds. The maximum Gasteiger partial charge on any atom is 0.249 e. The Labute approximate surface area is 102 Å². The molecule has 17 heavy (non-hydrogen) atoms. The van der Waals surface area contributed by atoms with E-state index in [-0.39, 0.29) is 35.7 Å². The molecule has 2 aliphatic rings. The summed E-state index contributed by atoms with van der Waals surface area (Å²) >= 11 is 0. The fourth-order valence-corrected chi connectivity index (χ4v) is 2.48. The zero-order valence-electron chi connectivity index (χ0n) is 10.5. The van der Waals surface area contributed by atoms with Gasteiger partial charge in [-0.2, -0.15) is 0 Å². The van der Waals surface area contributed by atoms with Crippen molar-refractivity contribution in [2.24, 2.45) is 11.1 Å². The van der Waals surface area contributed by atoms with Crippen molar-refractivity contribution in [3.8, 4) is 0 Å². The van der Waals surface area contributed by atoms with Crippen molar-refractivity contribution in [2.45, 2.75) is 57.5 Å². The predicted octanol–water partition coefficient (Wildman–Crippen LogP) is -0.232. The third-order valence-corrected chi connectivity index (χ3v) is 4.20. The number of nitrogens with two attached hydrogens (primary N) is 1. The molecule has 4 N–H and O–H groups in total. The second-order valence-corrected chi connectivity index (χ2v) is 5.69. The van der Waals surface area contributed by atoms with E-state index in [0.29, 0.717) is 13.0 Å². The molecule has 4 atom stereocenters. The number of hydrogen-bond acceptors (Lipinski definition) is 4. The first-order chi connectivity index (χ1) is 7.95. The van der Waals surface area contributed by atoms with Crippen LogP contribution in [0.2, 0.25) is 0 Å². The quantitative estimate of drug-likeness (QED) is 0.638. The van der Waals surface area contributed by atoms with Gasteiger partial charge in [0.15, 0.2) is 0 Å². The van der Waals surface area contributed by atoms with E-state index in [2.05, 4.69) is 5.32 Å². The Bertz CT molecular complexity index is 306. The van der Waals surface area contributed by atoms with E-state index >= 15 is 0 Å². The minimum absolute atomic E-state index is 0.0192. The van der Waals surface area contributed by atoms with Gasteiger partial charge in [0.25, 0.3) is 0 Å². The highest BCUT2D eigenvalue weighted by molar-refractivity contribution is 5.81. The van der Waals surface area contributed by atoms with Crippen molar-refractivity contribution in [3.05, 3.63) is 0 Å². The third-order valence-electron chi connectivity index (χ3n) is 4.20. The summed E-state index contributed by atoms with van der Waals surface area (Å²) in [6.45, 7) is 4.39. The number of rotatable bonds is 3. The van der Waals surface area contributed by atoms with Crippen molar-refractivity contribution in [1.29, 1.82) is 0 Å². The second-order valence-electron chi connectivity index (χ2n) is 5.69. The maximum atomic E-state index is 11.9. The highest BCUT2D eigenvalue weighted by Gasteiger charge is 2.48. The molecule has 0 aromatic rings. The lowest BCUT2D eigenvalue weighted by Crippen LogP contribution is -2.62. The van der Waals surface area contributed by atoms with Crippen LogP contribution in [0.1, 0.15) is 33.1 Å². The van der Waals surface area contributed by atoms with Crippen LogP contribution in [0.4, 0.5) is 0 Å². The minimum Gasteiger partial charge on any atom is -0.392 e. The van der Waals surface area contributed by atoms with Crippen LogP contribution in [-0.2, 0) is 9.53 Å². The van der Waals surface area contributed by atoms with Gasteiger partial charge in [0.2, 0.25) is 5.91 Å². The van der Waals surface area contributed by atoms with E-state index < -0.39 is 0 Å². The van der Waals surface area contributed by atoms with Gasteiger partial charge in [-0.15, -0.1) is 0 Å². The van der Waals surface area contributed by atoms with E-state index in [1.165, 1.54) is 0 Å². The van der Waals surface area contributed by atoms with Gasteiger partial charge < -0.3 is 20.9 Å². The average Bonchev–Trinajstić information content (AvgIpc) is 2.77. The summed E-state index contributed by atoms with van der Waals surface area (Å²) in [5, 5.41) is 12.6. The lowest BCUT2D eigenvalue weighted by molar-refractivity contribution is -0.139. The van der Waals surface area contributed by atoms with Crippen molar-refractivity contribution < 1.29 is 14.6 Å². The summed E-state index contributed by atoms with van der Waals surface area (Å²) in [5.41, 5.74) is 5.27. The Hall–Kier alpha value is -0.650. The Balaban J connectivity index is 1.83. The number of ether oxygens (including phenoxy) is 1. The van der Waals surface area contributed by atoms with E-state index in [0.717, 1.165) is 12.8 Å².